The van der Waals surface area contributed by atoms with E-state index in [1.54, 1.807) is 4.90 Å². The standard InChI is InChI=1S/C17H19F2N3O4/c18-12-8-11(15(19)24)13(9-22-5-1-2-14(22)23)20-16(12)21-6-3-10(4-7-21)17(25)26/h8,10H,1-7,9H2,(H,25,26). The average Bonchev–Trinajstić information content (AvgIpc) is 3.01. The van der Waals surface area contributed by atoms with Gasteiger partial charge >= 0.3 is 12.0 Å². The zero-order valence-electron chi connectivity index (χ0n) is 14.1. The van der Waals surface area contributed by atoms with Gasteiger partial charge in [0.2, 0.25) is 5.91 Å². The maximum Gasteiger partial charge on any atom is 0.334 e. The highest BCUT2D eigenvalue weighted by Crippen LogP contribution is 2.27. The number of aliphatic carboxylic acids is 1. The van der Waals surface area contributed by atoms with E-state index in [9.17, 15) is 23.2 Å². The van der Waals surface area contributed by atoms with E-state index in [-0.39, 0.29) is 24.0 Å². The Morgan fingerprint density at radius 2 is 1.96 bits per heavy atom. The topological polar surface area (TPSA) is 90.8 Å². The van der Waals surface area contributed by atoms with Crippen molar-refractivity contribution in [1.29, 1.82) is 0 Å². The summed E-state index contributed by atoms with van der Waals surface area (Å²) >= 11 is 0. The number of likely N-dealkylation sites (tertiary alicyclic amines) is 1. The summed E-state index contributed by atoms with van der Waals surface area (Å²) in [7, 11) is 0. The van der Waals surface area contributed by atoms with Gasteiger partial charge < -0.3 is 14.9 Å². The summed E-state index contributed by atoms with van der Waals surface area (Å²) in [6.07, 6.45) is 1.75. The van der Waals surface area contributed by atoms with Crippen LogP contribution in [-0.2, 0) is 16.1 Å². The molecule has 1 amide bonds. The van der Waals surface area contributed by atoms with Gasteiger partial charge in [0.05, 0.1) is 23.7 Å². The van der Waals surface area contributed by atoms with Gasteiger partial charge in [-0.05, 0) is 25.3 Å². The van der Waals surface area contributed by atoms with E-state index in [1.807, 2.05) is 0 Å². The first kappa shape index (κ1) is 18.2. The van der Waals surface area contributed by atoms with Crippen LogP contribution in [0.25, 0.3) is 0 Å². The zero-order valence-corrected chi connectivity index (χ0v) is 14.1. The van der Waals surface area contributed by atoms with Crippen LogP contribution in [0.5, 0.6) is 0 Å². The molecule has 0 unspecified atom stereocenters. The van der Waals surface area contributed by atoms with Crippen molar-refractivity contribution < 1.29 is 28.3 Å². The predicted octanol–water partition coefficient (Wildman–Crippen LogP) is 1.75. The van der Waals surface area contributed by atoms with Crippen molar-refractivity contribution in [2.24, 2.45) is 5.92 Å². The minimum atomic E-state index is -1.80. The lowest BCUT2D eigenvalue weighted by atomic mass is 9.97. The van der Waals surface area contributed by atoms with E-state index in [1.165, 1.54) is 4.90 Å². The van der Waals surface area contributed by atoms with Crippen LogP contribution in [-0.4, -0.2) is 52.5 Å². The molecule has 26 heavy (non-hydrogen) atoms. The number of piperidine rings is 1. The molecule has 7 nitrogen and oxygen atoms in total. The summed E-state index contributed by atoms with van der Waals surface area (Å²) in [4.78, 5) is 41.2. The summed E-state index contributed by atoms with van der Waals surface area (Å²) in [5.74, 6) is -2.36. The maximum absolute atomic E-state index is 14.4. The molecular weight excluding hydrogens is 348 g/mol. The monoisotopic (exact) mass is 367 g/mol. The molecule has 0 atom stereocenters. The number of pyridine rings is 1. The van der Waals surface area contributed by atoms with Gasteiger partial charge in [0.15, 0.2) is 11.6 Å². The number of amides is 1. The molecule has 3 heterocycles. The van der Waals surface area contributed by atoms with Crippen LogP contribution in [0, 0.1) is 11.7 Å². The third kappa shape index (κ3) is 3.66. The number of nitrogens with zero attached hydrogens (tertiary/aromatic N) is 3. The largest absolute Gasteiger partial charge is 0.481 e. The van der Waals surface area contributed by atoms with Crippen molar-refractivity contribution in [3.63, 3.8) is 0 Å². The summed E-state index contributed by atoms with van der Waals surface area (Å²) in [5, 5.41) is 9.05. The molecule has 9 heteroatoms. The normalized spacial score (nSPS) is 18.5. The van der Waals surface area contributed by atoms with Crippen molar-refractivity contribution in [2.75, 3.05) is 24.5 Å². The van der Waals surface area contributed by atoms with Crippen LogP contribution in [0.15, 0.2) is 6.07 Å². The quantitative estimate of drug-likeness (QED) is 0.798. The second kappa shape index (κ2) is 7.35. The van der Waals surface area contributed by atoms with Gasteiger partial charge in [-0.1, -0.05) is 0 Å². The lowest BCUT2D eigenvalue weighted by Crippen LogP contribution is -2.37. The fraction of sp³-hybridized carbons (Fsp3) is 0.529. The molecule has 3 rings (SSSR count). The zero-order chi connectivity index (χ0) is 18.8. The lowest BCUT2D eigenvalue weighted by Gasteiger charge is -2.31. The Balaban J connectivity index is 1.86. The SMILES string of the molecule is O=C(F)c1cc(F)c(N2CCC(C(=O)O)CC2)nc1CN1CCCC1=O. The molecule has 0 bridgehead atoms. The fourth-order valence-corrected chi connectivity index (χ4v) is 3.42. The second-order valence-corrected chi connectivity index (χ2v) is 6.58. The minimum Gasteiger partial charge on any atom is -0.481 e. The number of rotatable bonds is 5. The molecule has 2 saturated heterocycles. The second-order valence-electron chi connectivity index (χ2n) is 6.58. The van der Waals surface area contributed by atoms with E-state index < -0.39 is 29.3 Å². The molecular formula is C17H19F2N3O4. The number of carbonyl (C=O) groups is 3. The van der Waals surface area contributed by atoms with E-state index >= 15 is 0 Å². The van der Waals surface area contributed by atoms with Crippen LogP contribution in [0.2, 0.25) is 0 Å². The Morgan fingerprint density at radius 1 is 1.27 bits per heavy atom. The highest BCUT2D eigenvalue weighted by atomic mass is 19.1. The smallest absolute Gasteiger partial charge is 0.334 e. The molecule has 0 aromatic carbocycles. The van der Waals surface area contributed by atoms with Gasteiger partial charge in [-0.25, -0.2) is 9.37 Å². The van der Waals surface area contributed by atoms with Gasteiger partial charge in [0, 0.05) is 26.1 Å². The number of hydrogen-bond acceptors (Lipinski definition) is 5. The summed E-state index contributed by atoms with van der Waals surface area (Å²) in [6, 6.07) is -0.988. The number of anilines is 1. The third-order valence-electron chi connectivity index (χ3n) is 4.90. The average molecular weight is 367 g/mol. The molecule has 0 aliphatic carbocycles. The van der Waals surface area contributed by atoms with Crippen LogP contribution in [0.3, 0.4) is 0 Å². The number of hydrogen-bond donors (Lipinski definition) is 1. The van der Waals surface area contributed by atoms with Crippen molar-refractivity contribution in [3.05, 3.63) is 23.1 Å². The lowest BCUT2D eigenvalue weighted by molar-refractivity contribution is -0.142. The van der Waals surface area contributed by atoms with Gasteiger partial charge in [0.1, 0.15) is 0 Å². The maximum atomic E-state index is 14.4. The molecule has 0 spiro atoms. The molecule has 0 radical (unpaired) electrons. The Kier molecular flexibility index (Phi) is 5.15. The molecule has 1 N–H and O–H groups in total. The van der Waals surface area contributed by atoms with Crippen molar-refractivity contribution in [2.45, 2.75) is 32.2 Å². The Bertz CT molecular complexity index is 748. The highest BCUT2D eigenvalue weighted by molar-refractivity contribution is 5.90. The van der Waals surface area contributed by atoms with Crippen molar-refractivity contribution in [3.8, 4) is 0 Å². The molecule has 0 saturated carbocycles. The van der Waals surface area contributed by atoms with Gasteiger partial charge in [-0.3, -0.25) is 14.4 Å². The summed E-state index contributed by atoms with van der Waals surface area (Å²) < 4.78 is 27.7. The van der Waals surface area contributed by atoms with E-state index in [2.05, 4.69) is 4.98 Å². The van der Waals surface area contributed by atoms with E-state index in [4.69, 9.17) is 5.11 Å². The summed E-state index contributed by atoms with van der Waals surface area (Å²) in [5.41, 5.74) is -0.462. The number of aromatic nitrogens is 1. The summed E-state index contributed by atoms with van der Waals surface area (Å²) in [6.45, 7) is 1.03. The van der Waals surface area contributed by atoms with Gasteiger partial charge in [-0.2, -0.15) is 4.39 Å². The first-order valence-corrected chi connectivity index (χ1v) is 8.51. The molecule has 1 aromatic rings. The molecule has 2 fully saturated rings. The van der Waals surface area contributed by atoms with Gasteiger partial charge in [0.25, 0.3) is 0 Å². The van der Waals surface area contributed by atoms with Crippen molar-refractivity contribution in [1.82, 2.24) is 9.88 Å². The third-order valence-corrected chi connectivity index (χ3v) is 4.90. The van der Waals surface area contributed by atoms with E-state index in [0.29, 0.717) is 45.3 Å². The number of halogens is 2. The number of carboxylic acids is 1. The Hall–Kier alpha value is -2.58. The van der Waals surface area contributed by atoms with Crippen LogP contribution in [0.4, 0.5) is 14.6 Å². The first-order valence-electron chi connectivity index (χ1n) is 8.51. The van der Waals surface area contributed by atoms with E-state index in [0.717, 1.165) is 6.07 Å². The fourth-order valence-electron chi connectivity index (χ4n) is 3.42. The molecule has 2 aliphatic rings. The van der Waals surface area contributed by atoms with Crippen LogP contribution < -0.4 is 4.90 Å². The predicted molar refractivity (Wildman–Crippen MR) is 86.9 cm³/mol. The van der Waals surface area contributed by atoms with Crippen LogP contribution >= 0.6 is 0 Å². The Morgan fingerprint density at radius 3 is 2.50 bits per heavy atom. The number of carbonyl (C=O) groups excluding carboxylic acids is 2. The minimum absolute atomic E-state index is 0.0181. The highest BCUT2D eigenvalue weighted by Gasteiger charge is 2.29. The Labute approximate surface area is 148 Å². The first-order chi connectivity index (χ1) is 12.4. The van der Waals surface area contributed by atoms with Crippen molar-refractivity contribution >= 4 is 23.7 Å². The van der Waals surface area contributed by atoms with Gasteiger partial charge in [-0.15, -0.1) is 0 Å². The molecule has 2 aliphatic heterocycles. The molecule has 140 valence electrons. The van der Waals surface area contributed by atoms with Crippen LogP contribution in [0.1, 0.15) is 41.7 Å². The molecule has 1 aromatic heterocycles. The number of carboxylic acid groups (broad SMARTS) is 1.